The summed E-state index contributed by atoms with van der Waals surface area (Å²) in [5.41, 5.74) is 5.02. The van der Waals surface area contributed by atoms with Gasteiger partial charge in [-0.25, -0.2) is 9.18 Å². The highest BCUT2D eigenvalue weighted by atomic mass is 19.1. The third-order valence-corrected chi connectivity index (χ3v) is 2.51. The second-order valence-corrected chi connectivity index (χ2v) is 3.85. The predicted molar refractivity (Wildman–Crippen MR) is 66.2 cm³/mol. The van der Waals surface area contributed by atoms with Crippen molar-refractivity contribution in [2.75, 3.05) is 19.5 Å². The fourth-order valence-corrected chi connectivity index (χ4v) is 1.46. The predicted octanol–water partition coefficient (Wildman–Crippen LogP) is 0.627. The zero-order valence-corrected chi connectivity index (χ0v) is 10.4. The highest BCUT2D eigenvalue weighted by molar-refractivity contribution is 6.00. The van der Waals surface area contributed by atoms with E-state index in [1.807, 2.05) is 0 Å². The lowest BCUT2D eigenvalue weighted by Crippen LogP contribution is -2.41. The lowest BCUT2D eigenvalue weighted by Gasteiger charge is -2.15. The normalized spacial score (nSPS) is 11.9. The van der Waals surface area contributed by atoms with E-state index in [0.717, 1.165) is 6.07 Å². The molecule has 4 N–H and O–H groups in total. The van der Waals surface area contributed by atoms with Crippen LogP contribution in [0.4, 0.5) is 10.1 Å². The molecule has 0 radical (unpaired) electrons. The Balaban J connectivity index is 2.82. The van der Waals surface area contributed by atoms with Crippen LogP contribution < -0.4 is 11.1 Å². The Hall–Kier alpha value is -2.15. The summed E-state index contributed by atoms with van der Waals surface area (Å²) in [5.74, 6) is -2.66. The molecule has 0 aromatic heterocycles. The number of carbonyl (C=O) groups excluding carboxylic acids is 1. The van der Waals surface area contributed by atoms with Crippen LogP contribution >= 0.6 is 0 Å². The quantitative estimate of drug-likeness (QED) is 0.658. The van der Waals surface area contributed by atoms with Gasteiger partial charge < -0.3 is 20.9 Å². The van der Waals surface area contributed by atoms with Crippen LogP contribution in [0.3, 0.4) is 0 Å². The average molecular weight is 270 g/mol. The monoisotopic (exact) mass is 270 g/mol. The molecule has 0 aliphatic rings. The Morgan fingerprint density at radius 3 is 2.79 bits per heavy atom. The van der Waals surface area contributed by atoms with Crippen LogP contribution in [0, 0.1) is 5.82 Å². The van der Waals surface area contributed by atoms with Crippen LogP contribution in [0.25, 0.3) is 0 Å². The summed E-state index contributed by atoms with van der Waals surface area (Å²) in [6, 6.07) is 2.65. The van der Waals surface area contributed by atoms with Gasteiger partial charge in [0.05, 0.1) is 11.3 Å². The number of nitrogens with two attached hydrogens (primary N) is 1. The van der Waals surface area contributed by atoms with E-state index in [1.54, 1.807) is 0 Å². The molecule has 1 atom stereocenters. The average Bonchev–Trinajstić information content (AvgIpc) is 2.37. The van der Waals surface area contributed by atoms with Gasteiger partial charge in [0.15, 0.2) is 0 Å². The van der Waals surface area contributed by atoms with Gasteiger partial charge in [0.25, 0.3) is 5.91 Å². The van der Waals surface area contributed by atoms with Gasteiger partial charge in [-0.3, -0.25) is 4.79 Å². The second-order valence-electron chi connectivity index (χ2n) is 3.85. The van der Waals surface area contributed by atoms with E-state index in [2.05, 4.69) is 5.32 Å². The smallest absolute Gasteiger partial charge is 0.326 e. The first kappa shape index (κ1) is 14.9. The number of carbonyl (C=O) groups is 2. The number of para-hydroxylation sites is 1. The van der Waals surface area contributed by atoms with Gasteiger partial charge in [0.1, 0.15) is 11.9 Å². The lowest BCUT2D eigenvalue weighted by molar-refractivity contribution is -0.139. The third kappa shape index (κ3) is 3.92. The summed E-state index contributed by atoms with van der Waals surface area (Å²) in [5, 5.41) is 11.2. The summed E-state index contributed by atoms with van der Waals surface area (Å²) >= 11 is 0. The maximum Gasteiger partial charge on any atom is 0.326 e. The zero-order valence-electron chi connectivity index (χ0n) is 10.4. The molecule has 0 aliphatic heterocycles. The minimum atomic E-state index is -1.19. The Morgan fingerprint density at radius 1 is 1.53 bits per heavy atom. The first-order valence-corrected chi connectivity index (χ1v) is 5.54. The van der Waals surface area contributed by atoms with Gasteiger partial charge in [-0.2, -0.15) is 0 Å². The highest BCUT2D eigenvalue weighted by Crippen LogP contribution is 2.15. The van der Waals surface area contributed by atoms with E-state index >= 15 is 0 Å². The highest BCUT2D eigenvalue weighted by Gasteiger charge is 2.22. The number of ether oxygens (including phenoxy) is 1. The van der Waals surface area contributed by atoms with Gasteiger partial charge in [-0.15, -0.1) is 0 Å². The molecule has 7 heteroatoms. The summed E-state index contributed by atoms with van der Waals surface area (Å²) in [4.78, 5) is 22.8. The molecular formula is C12H15FN2O4. The van der Waals surface area contributed by atoms with Crippen molar-refractivity contribution in [3.05, 3.63) is 29.6 Å². The lowest BCUT2D eigenvalue weighted by atomic mass is 10.1. The first-order valence-electron chi connectivity index (χ1n) is 5.54. The SMILES string of the molecule is COCCC(NC(=O)c1cccc(F)c1N)C(=O)O. The summed E-state index contributed by atoms with van der Waals surface area (Å²) in [7, 11) is 1.42. The standard InChI is InChI=1S/C12H15FN2O4/c1-19-6-5-9(12(17)18)15-11(16)7-3-2-4-8(13)10(7)14/h2-4,9H,5-6,14H2,1H3,(H,15,16)(H,17,18). The van der Waals surface area contributed by atoms with Crippen LogP contribution in [0.15, 0.2) is 18.2 Å². The Labute approximate surface area is 109 Å². The van der Waals surface area contributed by atoms with E-state index in [-0.39, 0.29) is 24.3 Å². The topological polar surface area (TPSA) is 102 Å². The van der Waals surface area contributed by atoms with Crippen LogP contribution in [-0.4, -0.2) is 36.7 Å². The molecule has 1 rings (SSSR count). The van der Waals surface area contributed by atoms with Gasteiger partial charge >= 0.3 is 5.97 Å². The molecule has 0 saturated heterocycles. The van der Waals surface area contributed by atoms with E-state index in [1.165, 1.54) is 19.2 Å². The largest absolute Gasteiger partial charge is 0.480 e. The van der Waals surface area contributed by atoms with Crippen molar-refractivity contribution in [1.29, 1.82) is 0 Å². The molecule has 1 unspecified atom stereocenters. The fourth-order valence-electron chi connectivity index (χ4n) is 1.46. The van der Waals surface area contributed by atoms with Crippen LogP contribution in [0.1, 0.15) is 16.8 Å². The molecule has 104 valence electrons. The zero-order chi connectivity index (χ0) is 14.4. The number of carboxylic acid groups (broad SMARTS) is 1. The van der Waals surface area contributed by atoms with E-state index < -0.39 is 23.7 Å². The summed E-state index contributed by atoms with van der Waals surface area (Å²) < 4.78 is 18.0. The minimum absolute atomic E-state index is 0.0938. The van der Waals surface area contributed by atoms with E-state index in [4.69, 9.17) is 15.6 Å². The van der Waals surface area contributed by atoms with Crippen molar-refractivity contribution >= 4 is 17.6 Å². The molecule has 19 heavy (non-hydrogen) atoms. The van der Waals surface area contributed by atoms with Crippen molar-refractivity contribution < 1.29 is 23.8 Å². The summed E-state index contributed by atoms with van der Waals surface area (Å²) in [6.07, 6.45) is 0.104. The minimum Gasteiger partial charge on any atom is -0.480 e. The van der Waals surface area contributed by atoms with Gasteiger partial charge in [0, 0.05) is 20.1 Å². The molecule has 0 fully saturated rings. The van der Waals surface area contributed by atoms with Crippen molar-refractivity contribution in [2.45, 2.75) is 12.5 Å². The molecule has 1 amide bonds. The number of amides is 1. The van der Waals surface area contributed by atoms with E-state index in [0.29, 0.717) is 0 Å². The molecule has 1 aromatic rings. The van der Waals surface area contributed by atoms with Crippen molar-refractivity contribution in [3.8, 4) is 0 Å². The Bertz CT molecular complexity index is 479. The van der Waals surface area contributed by atoms with Crippen molar-refractivity contribution in [1.82, 2.24) is 5.32 Å². The fraction of sp³-hybridized carbons (Fsp3) is 0.333. The number of hydrogen-bond acceptors (Lipinski definition) is 4. The third-order valence-electron chi connectivity index (χ3n) is 2.51. The summed E-state index contributed by atoms with van der Waals surface area (Å²) in [6.45, 7) is 0.176. The van der Waals surface area contributed by atoms with Crippen LogP contribution in [0.2, 0.25) is 0 Å². The number of methoxy groups -OCH3 is 1. The Kier molecular flexibility index (Phi) is 5.25. The number of benzene rings is 1. The molecule has 6 nitrogen and oxygen atoms in total. The molecular weight excluding hydrogens is 255 g/mol. The molecule has 0 saturated carbocycles. The number of rotatable bonds is 6. The number of nitrogens with one attached hydrogen (secondary N) is 1. The molecule has 0 spiro atoms. The van der Waals surface area contributed by atoms with Gasteiger partial charge in [-0.05, 0) is 12.1 Å². The maximum atomic E-state index is 13.2. The molecule has 0 heterocycles. The number of halogens is 1. The number of anilines is 1. The molecule has 1 aromatic carbocycles. The van der Waals surface area contributed by atoms with Crippen LogP contribution in [-0.2, 0) is 9.53 Å². The number of hydrogen-bond donors (Lipinski definition) is 3. The van der Waals surface area contributed by atoms with Crippen molar-refractivity contribution in [2.24, 2.45) is 0 Å². The molecule has 0 aliphatic carbocycles. The van der Waals surface area contributed by atoms with Gasteiger partial charge in [0.2, 0.25) is 0 Å². The second kappa shape index (κ2) is 6.69. The van der Waals surface area contributed by atoms with Crippen LogP contribution in [0.5, 0.6) is 0 Å². The number of carboxylic acids is 1. The number of nitrogen functional groups attached to an aromatic ring is 1. The van der Waals surface area contributed by atoms with Crippen molar-refractivity contribution in [3.63, 3.8) is 0 Å². The van der Waals surface area contributed by atoms with Gasteiger partial charge in [-0.1, -0.05) is 6.07 Å². The van der Waals surface area contributed by atoms with E-state index in [9.17, 15) is 14.0 Å². The molecule has 0 bridgehead atoms. The maximum absolute atomic E-state index is 13.2. The Morgan fingerprint density at radius 2 is 2.21 bits per heavy atom. The number of aliphatic carboxylic acids is 1. The first-order chi connectivity index (χ1) is 8.97.